The van der Waals surface area contributed by atoms with Crippen LogP contribution in [0.4, 0.5) is 5.69 Å². The van der Waals surface area contributed by atoms with Crippen LogP contribution in [-0.2, 0) is 26.0 Å². The molecule has 0 aromatic heterocycles. The Morgan fingerprint density at radius 1 is 1.06 bits per heavy atom. The monoisotopic (exact) mass is 472 g/mol. The Morgan fingerprint density at radius 3 is 2.30 bits per heavy atom. The summed E-state index contributed by atoms with van der Waals surface area (Å²) in [5, 5.41) is 2.81. The van der Waals surface area contributed by atoms with Crippen molar-refractivity contribution in [3.05, 3.63) is 59.2 Å². The minimum Gasteiger partial charge on any atom is -0.452 e. The van der Waals surface area contributed by atoms with E-state index in [1.165, 1.54) is 28.6 Å². The number of benzene rings is 2. The third kappa shape index (κ3) is 6.00. The lowest BCUT2D eigenvalue weighted by molar-refractivity contribution is -0.119. The highest BCUT2D eigenvalue weighted by Gasteiger charge is 2.31. The average molecular weight is 473 g/mol. The first-order chi connectivity index (χ1) is 15.6. The van der Waals surface area contributed by atoms with Crippen molar-refractivity contribution in [3.63, 3.8) is 0 Å². The fraction of sp³-hybridized carbons (Fsp3) is 0.440. The summed E-state index contributed by atoms with van der Waals surface area (Å²) in [6.45, 7) is 8.56. The first kappa shape index (κ1) is 24.9. The number of para-hydroxylation sites is 1. The molecular formula is C25H32N2O5S. The van der Waals surface area contributed by atoms with E-state index in [-0.39, 0.29) is 10.5 Å². The van der Waals surface area contributed by atoms with Gasteiger partial charge in [-0.05, 0) is 67.0 Å². The third-order valence-electron chi connectivity index (χ3n) is 5.90. The van der Waals surface area contributed by atoms with Gasteiger partial charge in [0.25, 0.3) is 5.91 Å². The van der Waals surface area contributed by atoms with E-state index >= 15 is 0 Å². The molecule has 0 bridgehead atoms. The quantitative estimate of drug-likeness (QED) is 0.615. The number of anilines is 1. The number of carbonyl (C=O) groups is 2. The maximum atomic E-state index is 13.0. The molecule has 1 heterocycles. The second-order valence-corrected chi connectivity index (χ2v) is 10.8. The largest absolute Gasteiger partial charge is 0.452 e. The van der Waals surface area contributed by atoms with Crippen molar-refractivity contribution in [2.75, 3.05) is 25.0 Å². The highest BCUT2D eigenvalue weighted by atomic mass is 32.2. The summed E-state index contributed by atoms with van der Waals surface area (Å²) in [7, 11) is -3.62. The van der Waals surface area contributed by atoms with Crippen LogP contribution in [0.25, 0.3) is 0 Å². The summed E-state index contributed by atoms with van der Waals surface area (Å²) in [5.41, 5.74) is 2.86. The first-order valence-corrected chi connectivity index (χ1v) is 12.7. The predicted molar refractivity (Wildman–Crippen MR) is 128 cm³/mol. The number of sulfonamides is 1. The molecule has 33 heavy (non-hydrogen) atoms. The third-order valence-corrected chi connectivity index (χ3v) is 7.75. The number of ether oxygens (including phenoxy) is 1. The molecule has 1 saturated heterocycles. The Morgan fingerprint density at radius 2 is 1.70 bits per heavy atom. The van der Waals surface area contributed by atoms with Gasteiger partial charge in [-0.25, -0.2) is 13.2 Å². The van der Waals surface area contributed by atoms with Crippen LogP contribution in [0.2, 0.25) is 0 Å². The van der Waals surface area contributed by atoms with E-state index in [2.05, 4.69) is 19.2 Å². The molecule has 1 aliphatic heterocycles. The summed E-state index contributed by atoms with van der Waals surface area (Å²) in [6, 6.07) is 11.4. The highest BCUT2D eigenvalue weighted by molar-refractivity contribution is 7.89. The van der Waals surface area contributed by atoms with Gasteiger partial charge in [0.15, 0.2) is 6.61 Å². The van der Waals surface area contributed by atoms with Crippen LogP contribution < -0.4 is 5.32 Å². The van der Waals surface area contributed by atoms with Gasteiger partial charge in [-0.2, -0.15) is 4.31 Å². The molecular weight excluding hydrogens is 440 g/mol. The van der Waals surface area contributed by atoms with Crippen LogP contribution in [0.5, 0.6) is 0 Å². The van der Waals surface area contributed by atoms with Crippen LogP contribution >= 0.6 is 0 Å². The fourth-order valence-corrected chi connectivity index (χ4v) is 5.99. The smallest absolute Gasteiger partial charge is 0.338 e. The van der Waals surface area contributed by atoms with Crippen molar-refractivity contribution < 1.29 is 22.7 Å². The van der Waals surface area contributed by atoms with Crippen molar-refractivity contribution in [1.29, 1.82) is 0 Å². The van der Waals surface area contributed by atoms with Crippen LogP contribution in [0.15, 0.2) is 47.4 Å². The zero-order valence-electron chi connectivity index (χ0n) is 19.6. The van der Waals surface area contributed by atoms with Gasteiger partial charge in [0.2, 0.25) is 10.0 Å². The van der Waals surface area contributed by atoms with Crippen molar-refractivity contribution in [2.24, 2.45) is 11.8 Å². The number of amides is 1. The second-order valence-electron chi connectivity index (χ2n) is 8.88. The second kappa shape index (κ2) is 10.5. The van der Waals surface area contributed by atoms with Gasteiger partial charge in [0.1, 0.15) is 0 Å². The van der Waals surface area contributed by atoms with Crippen molar-refractivity contribution in [1.82, 2.24) is 4.31 Å². The van der Waals surface area contributed by atoms with E-state index in [9.17, 15) is 18.0 Å². The van der Waals surface area contributed by atoms with Gasteiger partial charge >= 0.3 is 5.97 Å². The zero-order valence-corrected chi connectivity index (χ0v) is 20.4. The maximum absolute atomic E-state index is 13.0. The summed E-state index contributed by atoms with van der Waals surface area (Å²) in [5.74, 6) is -0.510. The molecule has 0 radical (unpaired) electrons. The molecule has 1 aliphatic rings. The predicted octanol–water partition coefficient (Wildman–Crippen LogP) is 4.02. The van der Waals surface area contributed by atoms with Crippen LogP contribution in [-0.4, -0.2) is 44.3 Å². The SMILES string of the molecule is CCc1cccc(C)c1NC(=O)COC(=O)c1ccc(S(=O)(=O)N2C[C@H](C)C[C@H](C)C2)cc1. The van der Waals surface area contributed by atoms with Gasteiger partial charge in [0.05, 0.1) is 10.5 Å². The molecule has 2 aromatic carbocycles. The van der Waals surface area contributed by atoms with Crippen LogP contribution in [0.3, 0.4) is 0 Å². The lowest BCUT2D eigenvalue weighted by Gasteiger charge is -2.34. The number of carbonyl (C=O) groups excluding carboxylic acids is 2. The minimum atomic E-state index is -3.62. The number of rotatable bonds is 7. The van der Waals surface area contributed by atoms with Gasteiger partial charge < -0.3 is 10.1 Å². The normalized spacial score (nSPS) is 19.2. The molecule has 2 atom stereocenters. The van der Waals surface area contributed by atoms with Crippen molar-refractivity contribution in [3.8, 4) is 0 Å². The number of nitrogens with one attached hydrogen (secondary N) is 1. The number of aryl methyl sites for hydroxylation is 2. The number of piperidine rings is 1. The van der Waals surface area contributed by atoms with Crippen molar-refractivity contribution >= 4 is 27.6 Å². The van der Waals surface area contributed by atoms with Gasteiger partial charge in [0, 0.05) is 18.8 Å². The van der Waals surface area contributed by atoms with E-state index in [1.807, 2.05) is 32.0 Å². The molecule has 0 aliphatic carbocycles. The van der Waals surface area contributed by atoms with E-state index in [0.717, 1.165) is 29.7 Å². The Labute approximate surface area is 196 Å². The van der Waals surface area contributed by atoms with Crippen LogP contribution in [0, 0.1) is 18.8 Å². The van der Waals surface area contributed by atoms with E-state index < -0.39 is 28.5 Å². The Hall–Kier alpha value is -2.71. The number of hydrogen-bond acceptors (Lipinski definition) is 5. The molecule has 1 amide bonds. The van der Waals surface area contributed by atoms with E-state index in [4.69, 9.17) is 4.74 Å². The summed E-state index contributed by atoms with van der Waals surface area (Å²) in [4.78, 5) is 24.8. The number of esters is 1. The molecule has 2 aromatic rings. The minimum absolute atomic E-state index is 0.143. The molecule has 8 heteroatoms. The topological polar surface area (TPSA) is 92.8 Å². The highest BCUT2D eigenvalue weighted by Crippen LogP contribution is 2.27. The molecule has 1 fully saturated rings. The summed E-state index contributed by atoms with van der Waals surface area (Å²) in [6.07, 6.45) is 1.77. The van der Waals surface area contributed by atoms with Crippen LogP contribution in [0.1, 0.15) is 48.7 Å². The molecule has 1 N–H and O–H groups in total. The number of nitrogens with zero attached hydrogens (tertiary/aromatic N) is 1. The molecule has 3 rings (SSSR count). The summed E-state index contributed by atoms with van der Waals surface area (Å²) < 4.78 is 32.6. The number of hydrogen-bond donors (Lipinski definition) is 1. The molecule has 178 valence electrons. The Bertz CT molecular complexity index is 1100. The molecule has 0 saturated carbocycles. The Kier molecular flexibility index (Phi) is 7.92. The molecule has 0 spiro atoms. The zero-order chi connectivity index (χ0) is 24.2. The standard InChI is InChI=1S/C25H32N2O5S/c1-5-20-8-6-7-19(4)24(20)26-23(28)16-32-25(29)21-9-11-22(12-10-21)33(30,31)27-14-17(2)13-18(3)15-27/h6-12,17-18H,5,13-16H2,1-4H3,(H,26,28)/t17-,18+. The van der Waals surface area contributed by atoms with Gasteiger partial charge in [-0.1, -0.05) is 39.0 Å². The average Bonchev–Trinajstić information content (AvgIpc) is 2.78. The van der Waals surface area contributed by atoms with Gasteiger partial charge in [-0.15, -0.1) is 0 Å². The van der Waals surface area contributed by atoms with E-state index in [1.54, 1.807) is 0 Å². The van der Waals surface area contributed by atoms with Crippen molar-refractivity contribution in [2.45, 2.75) is 45.4 Å². The van der Waals surface area contributed by atoms with Gasteiger partial charge in [-0.3, -0.25) is 4.79 Å². The summed E-state index contributed by atoms with van der Waals surface area (Å²) >= 11 is 0. The fourth-order valence-electron chi connectivity index (χ4n) is 4.31. The molecule has 7 nitrogen and oxygen atoms in total. The molecule has 0 unspecified atom stereocenters. The lowest BCUT2D eigenvalue weighted by Crippen LogP contribution is -2.42. The Balaban J connectivity index is 1.61. The first-order valence-electron chi connectivity index (χ1n) is 11.3. The maximum Gasteiger partial charge on any atom is 0.338 e. The lowest BCUT2D eigenvalue weighted by atomic mass is 9.94. The van der Waals surface area contributed by atoms with E-state index in [0.29, 0.717) is 24.9 Å².